The quantitative estimate of drug-likeness (QED) is 0.172. The second-order valence-electron chi connectivity index (χ2n) is 15.8. The van der Waals surface area contributed by atoms with Crippen molar-refractivity contribution in [3.05, 3.63) is 130 Å². The first-order valence-corrected chi connectivity index (χ1v) is 19.6. The molecule has 2 aliphatic heterocycles. The summed E-state index contributed by atoms with van der Waals surface area (Å²) >= 11 is 0. The third-order valence-electron chi connectivity index (χ3n) is 10.3. The summed E-state index contributed by atoms with van der Waals surface area (Å²) in [6.45, 7) is 15.5. The highest BCUT2D eigenvalue weighted by Gasteiger charge is 2.41. The molecule has 2 N–H and O–H groups in total. The standard InChI is InChI=1S/C26H35N3O2.C20H18O8/c1-26(2,3)21-9-11-22(12-10-21)29-17-18-31-24(25(29)30)19-20-7-5-6-8-23(20)28-15-13-27(4)14-16-28;1-11-3-7-13(8-4-11)19(25)27-15(17(21)22)16(18(23)24)28-20(26)14-9-5-12(2)6-10-14/h5-12,24H,13-19H2,1-4H3;3-10,15-16H,1-2H3,(H,21,22)(H,23,24)/t24-;15-,16-/m00/s1. The van der Waals surface area contributed by atoms with Gasteiger partial charge in [-0.2, -0.15) is 0 Å². The summed E-state index contributed by atoms with van der Waals surface area (Å²) < 4.78 is 15.6. The first kappa shape index (κ1) is 44.1. The lowest BCUT2D eigenvalue weighted by Gasteiger charge is -2.36. The average molecular weight is 808 g/mol. The normalized spacial score (nSPS) is 16.9. The number of nitrogens with zero attached hydrogens (tertiary/aromatic N) is 3. The zero-order valence-corrected chi connectivity index (χ0v) is 34.4. The lowest BCUT2D eigenvalue weighted by Crippen LogP contribution is -2.49. The summed E-state index contributed by atoms with van der Waals surface area (Å²) in [5.74, 6) is -5.56. The number of likely N-dealkylation sites (N-methyl/N-ethyl adjacent to an activating group) is 1. The van der Waals surface area contributed by atoms with E-state index < -0.39 is 42.2 Å². The third-order valence-corrected chi connectivity index (χ3v) is 10.3. The molecule has 0 bridgehead atoms. The Morgan fingerprint density at radius 3 is 1.68 bits per heavy atom. The number of piperazine rings is 1. The van der Waals surface area contributed by atoms with Gasteiger partial charge in [0.15, 0.2) is 0 Å². The molecule has 312 valence electrons. The van der Waals surface area contributed by atoms with E-state index in [1.165, 1.54) is 41.1 Å². The molecule has 6 rings (SSSR count). The smallest absolute Gasteiger partial charge is 0.349 e. The molecule has 2 aliphatic rings. The number of carboxylic acid groups (broad SMARTS) is 2. The predicted octanol–water partition coefficient (Wildman–Crippen LogP) is 5.93. The number of anilines is 2. The van der Waals surface area contributed by atoms with Crippen LogP contribution in [0.3, 0.4) is 0 Å². The van der Waals surface area contributed by atoms with Crippen LogP contribution >= 0.6 is 0 Å². The van der Waals surface area contributed by atoms with Crippen LogP contribution in [0.2, 0.25) is 0 Å². The largest absolute Gasteiger partial charge is 0.478 e. The van der Waals surface area contributed by atoms with E-state index in [0.717, 1.165) is 43.0 Å². The summed E-state index contributed by atoms with van der Waals surface area (Å²) in [6.07, 6.45) is -4.27. The van der Waals surface area contributed by atoms with Crippen molar-refractivity contribution < 1.29 is 48.4 Å². The highest BCUT2D eigenvalue weighted by molar-refractivity contribution is 5.98. The van der Waals surface area contributed by atoms with Crippen LogP contribution in [0.4, 0.5) is 11.4 Å². The predicted molar refractivity (Wildman–Crippen MR) is 223 cm³/mol. The lowest BCUT2D eigenvalue weighted by molar-refractivity contribution is -0.166. The summed E-state index contributed by atoms with van der Waals surface area (Å²) in [7, 11) is 2.17. The second-order valence-corrected chi connectivity index (χ2v) is 15.8. The van der Waals surface area contributed by atoms with Gasteiger partial charge in [0.1, 0.15) is 6.10 Å². The number of rotatable bonds is 11. The van der Waals surface area contributed by atoms with E-state index in [0.29, 0.717) is 19.6 Å². The minimum absolute atomic E-state index is 0.0332. The highest BCUT2D eigenvalue weighted by Crippen LogP contribution is 2.29. The van der Waals surface area contributed by atoms with Crippen molar-refractivity contribution in [2.45, 2.75) is 64.8 Å². The average Bonchev–Trinajstić information content (AvgIpc) is 3.20. The van der Waals surface area contributed by atoms with Gasteiger partial charge in [0.05, 0.1) is 17.7 Å². The number of para-hydroxylation sites is 1. The maximum absolute atomic E-state index is 13.3. The molecular formula is C46H53N3O10. The van der Waals surface area contributed by atoms with Crippen LogP contribution in [0.25, 0.3) is 0 Å². The maximum atomic E-state index is 13.3. The summed E-state index contributed by atoms with van der Waals surface area (Å²) in [5.41, 5.74) is 6.55. The van der Waals surface area contributed by atoms with Crippen molar-refractivity contribution in [1.29, 1.82) is 0 Å². The highest BCUT2D eigenvalue weighted by atomic mass is 16.6. The number of carbonyl (C=O) groups excluding carboxylic acids is 3. The van der Waals surface area contributed by atoms with Crippen molar-refractivity contribution in [2.24, 2.45) is 0 Å². The second kappa shape index (κ2) is 19.6. The first-order chi connectivity index (χ1) is 28.0. The van der Waals surface area contributed by atoms with Gasteiger partial charge in [-0.25, -0.2) is 19.2 Å². The van der Waals surface area contributed by atoms with E-state index in [1.54, 1.807) is 38.1 Å². The molecule has 13 nitrogen and oxygen atoms in total. The number of aliphatic carboxylic acids is 2. The zero-order chi connectivity index (χ0) is 42.9. The molecule has 4 aromatic carbocycles. The lowest BCUT2D eigenvalue weighted by atomic mass is 9.87. The fourth-order valence-electron chi connectivity index (χ4n) is 6.65. The van der Waals surface area contributed by atoms with Gasteiger partial charge in [0.2, 0.25) is 12.2 Å². The number of ether oxygens (including phenoxy) is 3. The summed E-state index contributed by atoms with van der Waals surface area (Å²) in [5, 5.41) is 18.6. The van der Waals surface area contributed by atoms with Crippen molar-refractivity contribution in [3.8, 4) is 0 Å². The molecule has 3 atom stereocenters. The number of carbonyl (C=O) groups is 5. The molecule has 59 heavy (non-hydrogen) atoms. The molecule has 0 spiro atoms. The van der Waals surface area contributed by atoms with Gasteiger partial charge in [0.25, 0.3) is 5.91 Å². The number of morpholine rings is 1. The summed E-state index contributed by atoms with van der Waals surface area (Å²) in [6, 6.07) is 28.9. The number of hydrogen-bond acceptors (Lipinski definition) is 10. The number of hydrogen-bond donors (Lipinski definition) is 2. The Labute approximate surface area is 345 Å². The van der Waals surface area contributed by atoms with E-state index in [-0.39, 0.29) is 22.4 Å². The van der Waals surface area contributed by atoms with Gasteiger partial charge in [-0.1, -0.05) is 86.5 Å². The monoisotopic (exact) mass is 807 g/mol. The van der Waals surface area contributed by atoms with Gasteiger partial charge in [-0.3, -0.25) is 4.79 Å². The van der Waals surface area contributed by atoms with Crippen LogP contribution in [0.15, 0.2) is 97.1 Å². The summed E-state index contributed by atoms with van der Waals surface area (Å²) in [4.78, 5) is 67.3. The molecule has 0 aliphatic carbocycles. The van der Waals surface area contributed by atoms with Gasteiger partial charge in [0, 0.05) is 50.5 Å². The molecule has 2 fully saturated rings. The molecule has 0 radical (unpaired) electrons. The molecule has 2 saturated heterocycles. The third kappa shape index (κ3) is 11.8. The van der Waals surface area contributed by atoms with Crippen LogP contribution in [0.5, 0.6) is 0 Å². The van der Waals surface area contributed by atoms with E-state index in [9.17, 15) is 34.2 Å². The number of benzene rings is 4. The number of amides is 1. The molecule has 1 amide bonds. The van der Waals surface area contributed by atoms with Gasteiger partial charge in [-0.05, 0) is 79.9 Å². The van der Waals surface area contributed by atoms with E-state index in [2.05, 4.69) is 86.1 Å². The Morgan fingerprint density at radius 2 is 1.20 bits per heavy atom. The van der Waals surface area contributed by atoms with Crippen molar-refractivity contribution in [3.63, 3.8) is 0 Å². The fraction of sp³-hybridized carbons (Fsp3) is 0.370. The van der Waals surface area contributed by atoms with Crippen LogP contribution < -0.4 is 9.80 Å². The SMILES string of the molecule is CN1CCN(c2ccccc2C[C@@H]2OCCN(c3ccc(C(C)(C)C)cc3)C2=O)CC1.Cc1ccc(C(=O)O[C@H](C(=O)O)[C@H](OC(=O)c2ccc(C)cc2)C(=O)O)cc1. The van der Waals surface area contributed by atoms with Crippen molar-refractivity contribution >= 4 is 41.2 Å². The Bertz CT molecular complexity index is 2010. The number of esters is 2. The zero-order valence-electron chi connectivity index (χ0n) is 34.4. The van der Waals surface area contributed by atoms with E-state index >= 15 is 0 Å². The molecule has 0 unspecified atom stereocenters. The van der Waals surface area contributed by atoms with Gasteiger partial charge >= 0.3 is 23.9 Å². The molecule has 0 aromatic heterocycles. The van der Waals surface area contributed by atoms with Gasteiger partial charge < -0.3 is 39.1 Å². The van der Waals surface area contributed by atoms with E-state index in [1.807, 2.05) is 4.90 Å². The molecule has 2 heterocycles. The molecule has 13 heteroatoms. The Hall–Kier alpha value is -6.05. The van der Waals surface area contributed by atoms with Crippen LogP contribution in [0, 0.1) is 13.8 Å². The van der Waals surface area contributed by atoms with Crippen LogP contribution in [0.1, 0.15) is 63.7 Å². The molecular weight excluding hydrogens is 755 g/mol. The molecule has 0 saturated carbocycles. The minimum Gasteiger partial charge on any atom is -0.478 e. The van der Waals surface area contributed by atoms with Crippen LogP contribution in [-0.2, 0) is 40.4 Å². The Balaban J connectivity index is 0.000000226. The fourth-order valence-corrected chi connectivity index (χ4v) is 6.65. The molecule has 4 aromatic rings. The minimum atomic E-state index is -2.22. The first-order valence-electron chi connectivity index (χ1n) is 19.6. The maximum Gasteiger partial charge on any atom is 0.349 e. The van der Waals surface area contributed by atoms with Crippen LogP contribution in [-0.4, -0.2) is 110 Å². The Morgan fingerprint density at radius 1 is 0.712 bits per heavy atom. The Kier molecular flexibility index (Phi) is 14.6. The topological polar surface area (TPSA) is 163 Å². The number of aryl methyl sites for hydroxylation is 2. The van der Waals surface area contributed by atoms with Gasteiger partial charge in [-0.15, -0.1) is 0 Å². The van der Waals surface area contributed by atoms with Crippen molar-refractivity contribution in [1.82, 2.24) is 4.90 Å². The van der Waals surface area contributed by atoms with E-state index in [4.69, 9.17) is 14.2 Å². The van der Waals surface area contributed by atoms with Crippen molar-refractivity contribution in [2.75, 3.05) is 56.2 Å². The number of carboxylic acids is 2.